The van der Waals surface area contributed by atoms with Crippen LogP contribution in [0.1, 0.15) is 10.5 Å². The zero-order chi connectivity index (χ0) is 13.3. The third-order valence-corrected chi connectivity index (χ3v) is 3.21. The van der Waals surface area contributed by atoms with E-state index in [1.807, 2.05) is 18.2 Å². The molecule has 0 aliphatic rings. The van der Waals surface area contributed by atoms with Crippen molar-refractivity contribution in [3.8, 4) is 17.0 Å². The molecular weight excluding hydrogens is 300 g/mol. The Morgan fingerprint density at radius 2 is 2.22 bits per heavy atom. The highest BCUT2D eigenvalue weighted by atomic mass is 79.9. The van der Waals surface area contributed by atoms with Gasteiger partial charge in [-0.1, -0.05) is 6.07 Å². The molecule has 2 aromatic rings. The van der Waals surface area contributed by atoms with E-state index in [0.29, 0.717) is 11.4 Å². The van der Waals surface area contributed by atoms with Crippen LogP contribution in [-0.2, 0) is 7.05 Å². The van der Waals surface area contributed by atoms with Crippen LogP contribution in [0.5, 0.6) is 5.75 Å². The molecule has 18 heavy (non-hydrogen) atoms. The van der Waals surface area contributed by atoms with E-state index < -0.39 is 5.97 Å². The molecule has 0 saturated heterocycles. The molecule has 1 heterocycles. The maximum Gasteiger partial charge on any atom is 0.356 e. The molecule has 6 heteroatoms. The predicted molar refractivity (Wildman–Crippen MR) is 69.9 cm³/mol. The Bertz CT molecular complexity index is 607. The number of benzene rings is 1. The van der Waals surface area contributed by atoms with Gasteiger partial charge in [-0.05, 0) is 34.1 Å². The Morgan fingerprint density at radius 1 is 1.50 bits per heavy atom. The molecule has 1 aromatic heterocycles. The molecule has 0 unspecified atom stereocenters. The molecule has 1 aromatic carbocycles. The van der Waals surface area contributed by atoms with Crippen LogP contribution in [0.3, 0.4) is 0 Å². The van der Waals surface area contributed by atoms with Crippen molar-refractivity contribution < 1.29 is 14.6 Å². The Balaban J connectivity index is 2.65. The first-order valence-electron chi connectivity index (χ1n) is 5.14. The van der Waals surface area contributed by atoms with Crippen LogP contribution in [0.2, 0.25) is 0 Å². The predicted octanol–water partition coefficient (Wildman–Crippen LogP) is 2.56. The average Bonchev–Trinajstić information content (AvgIpc) is 2.71. The number of hydrogen-bond donors (Lipinski definition) is 1. The number of carboxylic acid groups (broad SMARTS) is 1. The largest absolute Gasteiger partial charge is 0.496 e. The van der Waals surface area contributed by atoms with Gasteiger partial charge in [-0.3, -0.25) is 4.68 Å². The lowest BCUT2D eigenvalue weighted by atomic mass is 10.1. The van der Waals surface area contributed by atoms with Crippen molar-refractivity contribution in [3.63, 3.8) is 0 Å². The zero-order valence-corrected chi connectivity index (χ0v) is 11.4. The van der Waals surface area contributed by atoms with Crippen LogP contribution in [0.25, 0.3) is 11.3 Å². The van der Waals surface area contributed by atoms with Gasteiger partial charge in [0.25, 0.3) is 0 Å². The standard InChI is InChI=1S/C12H11BrN2O3/c1-15-9(6-8(14-15)12(16)17)11-7(13)4-3-5-10(11)18-2/h3-6H,1-2H3,(H,16,17). The van der Waals surface area contributed by atoms with Crippen LogP contribution in [0.4, 0.5) is 0 Å². The molecule has 0 aliphatic heterocycles. The van der Waals surface area contributed by atoms with E-state index in [0.717, 1.165) is 10.0 Å². The van der Waals surface area contributed by atoms with Gasteiger partial charge in [-0.2, -0.15) is 5.10 Å². The summed E-state index contributed by atoms with van der Waals surface area (Å²) in [5.74, 6) is -0.396. The number of ether oxygens (including phenoxy) is 1. The summed E-state index contributed by atoms with van der Waals surface area (Å²) < 4.78 is 7.63. The number of methoxy groups -OCH3 is 1. The van der Waals surface area contributed by atoms with Gasteiger partial charge < -0.3 is 9.84 Å². The number of halogens is 1. The van der Waals surface area contributed by atoms with E-state index in [-0.39, 0.29) is 5.69 Å². The van der Waals surface area contributed by atoms with E-state index in [1.165, 1.54) is 10.7 Å². The number of aryl methyl sites for hydroxylation is 1. The number of aromatic nitrogens is 2. The highest BCUT2D eigenvalue weighted by Crippen LogP contribution is 2.36. The quantitative estimate of drug-likeness (QED) is 0.946. The number of carboxylic acids is 1. The summed E-state index contributed by atoms with van der Waals surface area (Å²) in [7, 11) is 3.26. The van der Waals surface area contributed by atoms with Crippen molar-refractivity contribution in [2.75, 3.05) is 7.11 Å². The Kier molecular flexibility index (Phi) is 3.38. The summed E-state index contributed by atoms with van der Waals surface area (Å²) in [6, 6.07) is 7.05. The molecule has 1 N–H and O–H groups in total. The van der Waals surface area contributed by atoms with Crippen molar-refractivity contribution in [3.05, 3.63) is 34.4 Å². The van der Waals surface area contributed by atoms with Gasteiger partial charge in [0.1, 0.15) is 5.75 Å². The topological polar surface area (TPSA) is 64.3 Å². The molecule has 0 aliphatic carbocycles. The first kappa shape index (κ1) is 12.6. The van der Waals surface area contributed by atoms with E-state index in [2.05, 4.69) is 21.0 Å². The SMILES string of the molecule is COc1cccc(Br)c1-c1cc(C(=O)O)nn1C. The monoisotopic (exact) mass is 310 g/mol. The maximum atomic E-state index is 10.9. The number of nitrogens with zero attached hydrogens (tertiary/aromatic N) is 2. The minimum absolute atomic E-state index is 0.00491. The third kappa shape index (κ3) is 2.11. The van der Waals surface area contributed by atoms with Crippen LogP contribution in [0, 0.1) is 0 Å². The van der Waals surface area contributed by atoms with Crippen LogP contribution in [0.15, 0.2) is 28.7 Å². The smallest absolute Gasteiger partial charge is 0.356 e. The lowest BCUT2D eigenvalue weighted by Gasteiger charge is -2.10. The van der Waals surface area contributed by atoms with Gasteiger partial charge in [-0.15, -0.1) is 0 Å². The maximum absolute atomic E-state index is 10.9. The molecule has 0 spiro atoms. The van der Waals surface area contributed by atoms with Gasteiger partial charge in [0.15, 0.2) is 5.69 Å². The van der Waals surface area contributed by atoms with Crippen molar-refractivity contribution in [2.45, 2.75) is 0 Å². The van der Waals surface area contributed by atoms with Crippen LogP contribution >= 0.6 is 15.9 Å². The van der Waals surface area contributed by atoms with E-state index in [4.69, 9.17) is 9.84 Å². The number of hydrogen-bond acceptors (Lipinski definition) is 3. The first-order chi connectivity index (χ1) is 8.54. The summed E-state index contributed by atoms with van der Waals surface area (Å²) >= 11 is 3.44. The number of aromatic carboxylic acids is 1. The molecule has 0 atom stereocenters. The van der Waals surface area contributed by atoms with E-state index >= 15 is 0 Å². The Hall–Kier alpha value is -1.82. The molecule has 0 bridgehead atoms. The fourth-order valence-corrected chi connectivity index (χ4v) is 2.28. The van der Waals surface area contributed by atoms with E-state index in [1.54, 1.807) is 14.2 Å². The highest BCUT2D eigenvalue weighted by Gasteiger charge is 2.17. The van der Waals surface area contributed by atoms with Crippen molar-refractivity contribution in [2.24, 2.45) is 7.05 Å². The van der Waals surface area contributed by atoms with Gasteiger partial charge in [0.2, 0.25) is 0 Å². The zero-order valence-electron chi connectivity index (χ0n) is 9.85. The second-order valence-corrected chi connectivity index (χ2v) is 4.52. The summed E-state index contributed by atoms with van der Waals surface area (Å²) in [4.78, 5) is 10.9. The Labute approximate surface area is 112 Å². The molecule has 94 valence electrons. The van der Waals surface area contributed by atoms with Crippen molar-refractivity contribution in [1.29, 1.82) is 0 Å². The molecule has 2 rings (SSSR count). The van der Waals surface area contributed by atoms with E-state index in [9.17, 15) is 4.79 Å². The molecule has 0 radical (unpaired) electrons. The van der Waals surface area contributed by atoms with Gasteiger partial charge in [0, 0.05) is 11.5 Å². The first-order valence-corrected chi connectivity index (χ1v) is 5.94. The fourth-order valence-electron chi connectivity index (χ4n) is 1.73. The van der Waals surface area contributed by atoms with Gasteiger partial charge in [0.05, 0.1) is 18.4 Å². The van der Waals surface area contributed by atoms with Crippen molar-refractivity contribution >= 4 is 21.9 Å². The fraction of sp³-hybridized carbons (Fsp3) is 0.167. The third-order valence-electron chi connectivity index (χ3n) is 2.55. The number of carbonyl (C=O) groups is 1. The molecular formula is C12H11BrN2O3. The second kappa shape index (κ2) is 4.81. The highest BCUT2D eigenvalue weighted by molar-refractivity contribution is 9.10. The molecule has 0 fully saturated rings. The molecule has 0 saturated carbocycles. The summed E-state index contributed by atoms with van der Waals surface area (Å²) in [6.07, 6.45) is 0. The van der Waals surface area contributed by atoms with Crippen molar-refractivity contribution in [1.82, 2.24) is 9.78 Å². The lowest BCUT2D eigenvalue weighted by molar-refractivity contribution is 0.0689. The summed E-state index contributed by atoms with van der Waals surface area (Å²) in [5, 5.41) is 12.9. The average molecular weight is 311 g/mol. The van der Waals surface area contributed by atoms with Crippen LogP contribution < -0.4 is 4.74 Å². The summed E-state index contributed by atoms with van der Waals surface area (Å²) in [5.41, 5.74) is 1.46. The Morgan fingerprint density at radius 3 is 2.78 bits per heavy atom. The summed E-state index contributed by atoms with van der Waals surface area (Å²) in [6.45, 7) is 0. The normalized spacial score (nSPS) is 10.4. The minimum Gasteiger partial charge on any atom is -0.496 e. The lowest BCUT2D eigenvalue weighted by Crippen LogP contribution is -1.99. The van der Waals surface area contributed by atoms with Crippen LogP contribution in [-0.4, -0.2) is 28.0 Å². The van der Waals surface area contributed by atoms with Gasteiger partial charge >= 0.3 is 5.97 Å². The molecule has 0 amide bonds. The number of rotatable bonds is 3. The minimum atomic E-state index is -1.05. The molecule has 5 nitrogen and oxygen atoms in total. The second-order valence-electron chi connectivity index (χ2n) is 3.66. The van der Waals surface area contributed by atoms with Gasteiger partial charge in [-0.25, -0.2) is 4.79 Å².